The highest BCUT2D eigenvalue weighted by Gasteiger charge is 2.60. The molecule has 17 heavy (non-hydrogen) atoms. The van der Waals surface area contributed by atoms with Gasteiger partial charge in [-0.25, -0.2) is 0 Å². The van der Waals surface area contributed by atoms with Gasteiger partial charge in [0.2, 0.25) is 5.91 Å². The first-order chi connectivity index (χ1) is 8.22. The molecule has 2 N–H and O–H groups in total. The molecule has 3 atom stereocenters. The summed E-state index contributed by atoms with van der Waals surface area (Å²) in [4.78, 5) is 14.1. The Balaban J connectivity index is 1.69. The zero-order valence-electron chi connectivity index (χ0n) is 10.1. The van der Waals surface area contributed by atoms with Crippen molar-refractivity contribution in [3.8, 4) is 0 Å². The van der Waals surface area contributed by atoms with Gasteiger partial charge in [0, 0.05) is 19.0 Å². The summed E-state index contributed by atoms with van der Waals surface area (Å²) in [6.45, 7) is 4.42. The number of nitrogens with two attached hydrogens (primary N) is 1. The number of fused-ring (bicyclic) bond motifs is 1. The summed E-state index contributed by atoms with van der Waals surface area (Å²) < 4.78 is 0. The standard InChI is InChI=1S/C14H18N2O/c1-9-4-2-3-5-10(9)7-16-8-12-11(6-15)13(12)14(16)17/h2-5,11-13H,6-8,15H2,1H3. The van der Waals surface area contributed by atoms with Crippen LogP contribution in [0.2, 0.25) is 0 Å². The average Bonchev–Trinajstić information content (AvgIpc) is 2.94. The fourth-order valence-electron chi connectivity index (χ4n) is 3.07. The summed E-state index contributed by atoms with van der Waals surface area (Å²) in [6.07, 6.45) is 0. The van der Waals surface area contributed by atoms with Gasteiger partial charge in [0.25, 0.3) is 0 Å². The lowest BCUT2D eigenvalue weighted by atomic mass is 10.1. The van der Waals surface area contributed by atoms with E-state index >= 15 is 0 Å². The minimum atomic E-state index is 0.240. The third-order valence-electron chi connectivity index (χ3n) is 4.25. The molecule has 0 spiro atoms. The second-order valence-electron chi connectivity index (χ2n) is 5.23. The van der Waals surface area contributed by atoms with Crippen LogP contribution in [-0.2, 0) is 11.3 Å². The second-order valence-corrected chi connectivity index (χ2v) is 5.23. The Kier molecular flexibility index (Phi) is 2.44. The van der Waals surface area contributed by atoms with E-state index in [4.69, 9.17) is 5.73 Å². The van der Waals surface area contributed by atoms with E-state index in [1.54, 1.807) is 0 Å². The van der Waals surface area contributed by atoms with Gasteiger partial charge >= 0.3 is 0 Å². The molecular weight excluding hydrogens is 212 g/mol. The summed E-state index contributed by atoms with van der Waals surface area (Å²) in [6, 6.07) is 8.27. The molecule has 1 aromatic rings. The number of nitrogens with zero attached hydrogens (tertiary/aromatic N) is 1. The van der Waals surface area contributed by atoms with E-state index in [1.807, 2.05) is 17.0 Å². The number of benzene rings is 1. The summed E-state index contributed by atoms with van der Waals surface area (Å²) in [5, 5.41) is 0. The van der Waals surface area contributed by atoms with Crippen LogP contribution >= 0.6 is 0 Å². The van der Waals surface area contributed by atoms with Gasteiger partial charge < -0.3 is 10.6 Å². The Labute approximate surface area is 102 Å². The second kappa shape index (κ2) is 3.84. The number of likely N-dealkylation sites (tertiary alicyclic amines) is 1. The first-order valence-corrected chi connectivity index (χ1v) is 6.25. The predicted molar refractivity (Wildman–Crippen MR) is 66.1 cm³/mol. The van der Waals surface area contributed by atoms with Gasteiger partial charge in [0.1, 0.15) is 0 Å². The molecule has 1 saturated carbocycles. The van der Waals surface area contributed by atoms with Crippen LogP contribution in [0.3, 0.4) is 0 Å². The molecule has 90 valence electrons. The molecule has 1 heterocycles. The lowest BCUT2D eigenvalue weighted by molar-refractivity contribution is -0.131. The average molecular weight is 230 g/mol. The highest BCUT2D eigenvalue weighted by atomic mass is 16.2. The van der Waals surface area contributed by atoms with Crippen molar-refractivity contribution >= 4 is 5.91 Å². The van der Waals surface area contributed by atoms with Gasteiger partial charge in [-0.15, -0.1) is 0 Å². The highest BCUT2D eigenvalue weighted by Crippen LogP contribution is 2.52. The molecule has 0 bridgehead atoms. The third-order valence-corrected chi connectivity index (χ3v) is 4.25. The van der Waals surface area contributed by atoms with Crippen molar-refractivity contribution in [1.82, 2.24) is 4.90 Å². The number of carbonyl (C=O) groups excluding carboxylic acids is 1. The molecule has 3 unspecified atom stereocenters. The van der Waals surface area contributed by atoms with E-state index < -0.39 is 0 Å². The summed E-state index contributed by atoms with van der Waals surface area (Å²) >= 11 is 0. The Morgan fingerprint density at radius 1 is 1.41 bits per heavy atom. The van der Waals surface area contributed by atoms with Crippen molar-refractivity contribution in [2.45, 2.75) is 13.5 Å². The van der Waals surface area contributed by atoms with Gasteiger partial charge in [-0.3, -0.25) is 4.79 Å². The van der Waals surface area contributed by atoms with Crippen LogP contribution in [-0.4, -0.2) is 23.9 Å². The molecule has 3 rings (SSSR count). The molecule has 2 fully saturated rings. The Hall–Kier alpha value is -1.35. The summed E-state index contributed by atoms with van der Waals surface area (Å²) in [7, 11) is 0. The first-order valence-electron chi connectivity index (χ1n) is 6.25. The zero-order chi connectivity index (χ0) is 12.0. The van der Waals surface area contributed by atoms with Crippen molar-refractivity contribution < 1.29 is 4.79 Å². The molecular formula is C14H18N2O. The van der Waals surface area contributed by atoms with Crippen LogP contribution in [0.5, 0.6) is 0 Å². The Morgan fingerprint density at radius 2 is 2.18 bits per heavy atom. The molecule has 1 amide bonds. The molecule has 3 heteroatoms. The van der Waals surface area contributed by atoms with E-state index in [-0.39, 0.29) is 5.92 Å². The minimum Gasteiger partial charge on any atom is -0.338 e. The molecule has 2 aliphatic rings. The molecule has 1 aliphatic carbocycles. The first kappa shape index (κ1) is 10.8. The molecule has 1 aromatic carbocycles. The predicted octanol–water partition coefficient (Wildman–Crippen LogP) is 1.16. The Morgan fingerprint density at radius 3 is 2.76 bits per heavy atom. The van der Waals surface area contributed by atoms with Crippen molar-refractivity contribution in [2.24, 2.45) is 23.5 Å². The number of hydrogen-bond acceptors (Lipinski definition) is 2. The van der Waals surface area contributed by atoms with Gasteiger partial charge in [-0.1, -0.05) is 24.3 Å². The monoisotopic (exact) mass is 230 g/mol. The molecule has 1 saturated heterocycles. The number of piperidine rings is 1. The van der Waals surface area contributed by atoms with Gasteiger partial charge in [0.15, 0.2) is 0 Å². The largest absolute Gasteiger partial charge is 0.338 e. The molecule has 0 aromatic heterocycles. The van der Waals surface area contributed by atoms with E-state index in [9.17, 15) is 4.79 Å². The summed E-state index contributed by atoms with van der Waals surface area (Å²) in [5.74, 6) is 1.56. The van der Waals surface area contributed by atoms with E-state index in [1.165, 1.54) is 11.1 Å². The van der Waals surface area contributed by atoms with Crippen LogP contribution < -0.4 is 5.73 Å². The van der Waals surface area contributed by atoms with E-state index in [0.717, 1.165) is 13.1 Å². The van der Waals surface area contributed by atoms with Crippen LogP contribution in [0.15, 0.2) is 24.3 Å². The third kappa shape index (κ3) is 1.65. The maximum absolute atomic E-state index is 12.1. The Bertz CT molecular complexity index is 457. The zero-order valence-corrected chi connectivity index (χ0v) is 10.1. The molecule has 1 aliphatic heterocycles. The molecule has 0 radical (unpaired) electrons. The lowest BCUT2D eigenvalue weighted by Gasteiger charge is -2.20. The number of rotatable bonds is 3. The SMILES string of the molecule is Cc1ccccc1CN1CC2C(CN)C2C1=O. The minimum absolute atomic E-state index is 0.240. The maximum Gasteiger partial charge on any atom is 0.226 e. The van der Waals surface area contributed by atoms with Crippen LogP contribution in [0.1, 0.15) is 11.1 Å². The van der Waals surface area contributed by atoms with Crippen LogP contribution in [0.4, 0.5) is 0 Å². The number of amides is 1. The van der Waals surface area contributed by atoms with Crippen LogP contribution in [0.25, 0.3) is 0 Å². The van der Waals surface area contributed by atoms with E-state index in [2.05, 4.69) is 19.1 Å². The van der Waals surface area contributed by atoms with Crippen molar-refractivity contribution in [2.75, 3.05) is 13.1 Å². The normalized spacial score (nSPS) is 30.6. The topological polar surface area (TPSA) is 46.3 Å². The smallest absolute Gasteiger partial charge is 0.226 e. The van der Waals surface area contributed by atoms with Crippen molar-refractivity contribution in [3.63, 3.8) is 0 Å². The van der Waals surface area contributed by atoms with Gasteiger partial charge in [0.05, 0.1) is 0 Å². The number of hydrogen-bond donors (Lipinski definition) is 1. The van der Waals surface area contributed by atoms with Crippen molar-refractivity contribution in [3.05, 3.63) is 35.4 Å². The highest BCUT2D eigenvalue weighted by molar-refractivity contribution is 5.85. The maximum atomic E-state index is 12.1. The van der Waals surface area contributed by atoms with Crippen LogP contribution in [0, 0.1) is 24.7 Å². The summed E-state index contributed by atoms with van der Waals surface area (Å²) in [5.41, 5.74) is 8.15. The lowest BCUT2D eigenvalue weighted by Crippen LogP contribution is -2.31. The van der Waals surface area contributed by atoms with Crippen molar-refractivity contribution in [1.29, 1.82) is 0 Å². The quantitative estimate of drug-likeness (QED) is 0.847. The number of aryl methyl sites for hydroxylation is 1. The number of carbonyl (C=O) groups is 1. The van der Waals surface area contributed by atoms with Gasteiger partial charge in [-0.05, 0) is 36.4 Å². The van der Waals surface area contributed by atoms with Gasteiger partial charge in [-0.2, -0.15) is 0 Å². The fourth-order valence-corrected chi connectivity index (χ4v) is 3.07. The molecule has 3 nitrogen and oxygen atoms in total. The van der Waals surface area contributed by atoms with E-state index in [0.29, 0.717) is 24.3 Å². The fraction of sp³-hybridized carbons (Fsp3) is 0.500.